The van der Waals surface area contributed by atoms with Crippen molar-refractivity contribution in [1.82, 2.24) is 10.6 Å². The van der Waals surface area contributed by atoms with Crippen molar-refractivity contribution in [2.24, 2.45) is 0 Å². The van der Waals surface area contributed by atoms with E-state index in [4.69, 9.17) is 5.73 Å². The summed E-state index contributed by atoms with van der Waals surface area (Å²) in [5, 5.41) is 14.6. The van der Waals surface area contributed by atoms with Gasteiger partial charge in [-0.15, -0.1) is 0 Å². The number of nitrogens with two attached hydrogens (primary N) is 1. The van der Waals surface area contributed by atoms with Gasteiger partial charge >= 0.3 is 0 Å². The van der Waals surface area contributed by atoms with Crippen molar-refractivity contribution in [2.45, 2.75) is 24.8 Å². The van der Waals surface area contributed by atoms with Crippen LogP contribution in [0.25, 0.3) is 0 Å². The summed E-state index contributed by atoms with van der Waals surface area (Å²) in [5.74, 6) is -0.616. The molecule has 1 aliphatic carbocycles. The SMILES string of the molecule is Nc1ccc(C(=O)NCC(=O)NC2(CO)CCC2)cc1. The minimum absolute atomic E-state index is 0.0648. The van der Waals surface area contributed by atoms with Gasteiger partial charge in [0.15, 0.2) is 0 Å². The number of carbonyl (C=O) groups excluding carboxylic acids is 2. The number of aliphatic hydroxyl groups is 1. The van der Waals surface area contributed by atoms with Gasteiger partial charge in [0, 0.05) is 11.3 Å². The van der Waals surface area contributed by atoms with Crippen molar-refractivity contribution in [3.05, 3.63) is 29.8 Å². The Bertz CT molecular complexity index is 489. The van der Waals surface area contributed by atoms with Crippen molar-refractivity contribution in [1.29, 1.82) is 0 Å². The van der Waals surface area contributed by atoms with Crippen LogP contribution in [0.1, 0.15) is 29.6 Å². The molecule has 20 heavy (non-hydrogen) atoms. The summed E-state index contributed by atoms with van der Waals surface area (Å²) in [6, 6.07) is 6.46. The number of hydrogen-bond donors (Lipinski definition) is 4. The highest BCUT2D eigenvalue weighted by Gasteiger charge is 2.37. The van der Waals surface area contributed by atoms with Crippen LogP contribution in [0.3, 0.4) is 0 Å². The lowest BCUT2D eigenvalue weighted by molar-refractivity contribution is -0.124. The maximum Gasteiger partial charge on any atom is 0.251 e. The van der Waals surface area contributed by atoms with Gasteiger partial charge in [-0.1, -0.05) is 0 Å². The van der Waals surface area contributed by atoms with Crippen LogP contribution in [-0.4, -0.2) is 35.6 Å². The van der Waals surface area contributed by atoms with E-state index in [1.54, 1.807) is 24.3 Å². The Kier molecular flexibility index (Phi) is 4.24. The van der Waals surface area contributed by atoms with Gasteiger partial charge in [0.25, 0.3) is 5.91 Å². The number of rotatable bonds is 5. The Labute approximate surface area is 117 Å². The highest BCUT2D eigenvalue weighted by molar-refractivity contribution is 5.96. The number of nitrogen functional groups attached to an aromatic ring is 1. The molecule has 0 radical (unpaired) electrons. The van der Waals surface area contributed by atoms with E-state index >= 15 is 0 Å². The topological polar surface area (TPSA) is 104 Å². The summed E-state index contributed by atoms with van der Waals surface area (Å²) in [6.07, 6.45) is 2.56. The molecule has 108 valence electrons. The highest BCUT2D eigenvalue weighted by Crippen LogP contribution is 2.30. The van der Waals surface area contributed by atoms with Gasteiger partial charge in [0.1, 0.15) is 0 Å². The largest absolute Gasteiger partial charge is 0.399 e. The molecular formula is C14H19N3O3. The first kappa shape index (κ1) is 14.3. The summed E-state index contributed by atoms with van der Waals surface area (Å²) < 4.78 is 0. The quantitative estimate of drug-likeness (QED) is 0.570. The summed E-state index contributed by atoms with van der Waals surface area (Å²) in [5.41, 5.74) is 6.08. The molecule has 0 bridgehead atoms. The molecule has 5 N–H and O–H groups in total. The zero-order valence-electron chi connectivity index (χ0n) is 11.2. The van der Waals surface area contributed by atoms with E-state index in [1.807, 2.05) is 0 Å². The van der Waals surface area contributed by atoms with Crippen LogP contribution in [0.4, 0.5) is 5.69 Å². The Morgan fingerprint density at radius 3 is 2.40 bits per heavy atom. The van der Waals surface area contributed by atoms with Crippen LogP contribution in [0.15, 0.2) is 24.3 Å². The van der Waals surface area contributed by atoms with Gasteiger partial charge < -0.3 is 21.5 Å². The molecule has 0 saturated heterocycles. The maximum absolute atomic E-state index is 11.8. The third-order valence-electron chi connectivity index (χ3n) is 3.60. The molecule has 6 heteroatoms. The van der Waals surface area contributed by atoms with Crippen LogP contribution >= 0.6 is 0 Å². The fourth-order valence-corrected chi connectivity index (χ4v) is 2.16. The molecule has 6 nitrogen and oxygen atoms in total. The molecule has 0 aromatic heterocycles. The van der Waals surface area contributed by atoms with E-state index in [2.05, 4.69) is 10.6 Å². The van der Waals surface area contributed by atoms with Crippen molar-refractivity contribution in [3.63, 3.8) is 0 Å². The first-order valence-electron chi connectivity index (χ1n) is 6.60. The van der Waals surface area contributed by atoms with Gasteiger partial charge in [-0.3, -0.25) is 9.59 Å². The fourth-order valence-electron chi connectivity index (χ4n) is 2.16. The smallest absolute Gasteiger partial charge is 0.251 e. The molecule has 0 atom stereocenters. The number of hydrogen-bond acceptors (Lipinski definition) is 4. The lowest BCUT2D eigenvalue weighted by Gasteiger charge is -2.40. The van der Waals surface area contributed by atoms with Crippen molar-refractivity contribution in [2.75, 3.05) is 18.9 Å². The first-order chi connectivity index (χ1) is 9.54. The van der Waals surface area contributed by atoms with E-state index in [0.717, 1.165) is 19.3 Å². The van der Waals surface area contributed by atoms with E-state index in [9.17, 15) is 14.7 Å². The van der Waals surface area contributed by atoms with Crippen LogP contribution in [-0.2, 0) is 4.79 Å². The summed E-state index contributed by atoms with van der Waals surface area (Å²) >= 11 is 0. The molecule has 1 aromatic carbocycles. The summed E-state index contributed by atoms with van der Waals surface area (Å²) in [7, 11) is 0. The molecule has 0 aliphatic heterocycles. The predicted molar refractivity (Wildman–Crippen MR) is 75.0 cm³/mol. The maximum atomic E-state index is 11.8. The molecule has 1 aromatic rings. The van der Waals surface area contributed by atoms with E-state index in [1.165, 1.54) is 0 Å². The highest BCUT2D eigenvalue weighted by atomic mass is 16.3. The van der Waals surface area contributed by atoms with Crippen LogP contribution < -0.4 is 16.4 Å². The standard InChI is InChI=1S/C14H19N3O3/c15-11-4-2-10(3-5-11)13(20)16-8-12(19)17-14(9-18)6-1-7-14/h2-5,18H,1,6-9,15H2,(H,16,20)(H,17,19). The molecule has 0 spiro atoms. The molecular weight excluding hydrogens is 258 g/mol. The summed E-state index contributed by atoms with van der Waals surface area (Å²) in [4.78, 5) is 23.5. The summed E-state index contributed by atoms with van der Waals surface area (Å²) in [6.45, 7) is -0.171. The second-order valence-corrected chi connectivity index (χ2v) is 5.14. The molecule has 2 amide bonds. The molecule has 1 saturated carbocycles. The Hall–Kier alpha value is -2.08. The minimum Gasteiger partial charge on any atom is -0.399 e. The second-order valence-electron chi connectivity index (χ2n) is 5.14. The zero-order valence-corrected chi connectivity index (χ0v) is 11.2. The number of aliphatic hydroxyl groups excluding tert-OH is 1. The van der Waals surface area contributed by atoms with Gasteiger partial charge in [-0.25, -0.2) is 0 Å². The van der Waals surface area contributed by atoms with E-state index < -0.39 is 5.54 Å². The average molecular weight is 277 g/mol. The van der Waals surface area contributed by atoms with Gasteiger partial charge in [0.2, 0.25) is 5.91 Å². The van der Waals surface area contributed by atoms with Crippen LogP contribution in [0, 0.1) is 0 Å². The van der Waals surface area contributed by atoms with Gasteiger partial charge in [-0.05, 0) is 43.5 Å². The van der Waals surface area contributed by atoms with E-state index in [0.29, 0.717) is 11.3 Å². The van der Waals surface area contributed by atoms with Crippen LogP contribution in [0.5, 0.6) is 0 Å². The van der Waals surface area contributed by atoms with Crippen molar-refractivity contribution >= 4 is 17.5 Å². The Morgan fingerprint density at radius 1 is 1.25 bits per heavy atom. The van der Waals surface area contributed by atoms with Crippen molar-refractivity contribution in [3.8, 4) is 0 Å². The number of carbonyl (C=O) groups is 2. The molecule has 0 heterocycles. The zero-order chi connectivity index (χ0) is 14.6. The van der Waals surface area contributed by atoms with E-state index in [-0.39, 0.29) is 25.0 Å². The fraction of sp³-hybridized carbons (Fsp3) is 0.429. The van der Waals surface area contributed by atoms with Crippen LogP contribution in [0.2, 0.25) is 0 Å². The van der Waals surface area contributed by atoms with Gasteiger partial charge in [0.05, 0.1) is 18.7 Å². The van der Waals surface area contributed by atoms with Gasteiger partial charge in [-0.2, -0.15) is 0 Å². The third-order valence-corrected chi connectivity index (χ3v) is 3.60. The normalized spacial score (nSPS) is 16.1. The number of amides is 2. The number of benzene rings is 1. The molecule has 0 unspecified atom stereocenters. The number of anilines is 1. The molecule has 1 aliphatic rings. The minimum atomic E-state index is -0.483. The third kappa shape index (κ3) is 3.27. The molecule has 2 rings (SSSR count). The Morgan fingerprint density at radius 2 is 1.90 bits per heavy atom. The monoisotopic (exact) mass is 277 g/mol. The molecule has 1 fully saturated rings. The predicted octanol–water partition coefficient (Wildman–Crippen LogP) is 0.0298. The number of nitrogens with one attached hydrogen (secondary N) is 2. The second kappa shape index (κ2) is 5.92. The lowest BCUT2D eigenvalue weighted by Crippen LogP contribution is -2.57. The van der Waals surface area contributed by atoms with Crippen molar-refractivity contribution < 1.29 is 14.7 Å². The Balaban J connectivity index is 1.81. The first-order valence-corrected chi connectivity index (χ1v) is 6.60. The lowest BCUT2D eigenvalue weighted by atomic mass is 9.77. The average Bonchev–Trinajstić information content (AvgIpc) is 2.41.